The van der Waals surface area contributed by atoms with Crippen molar-refractivity contribution in [3.63, 3.8) is 0 Å². The van der Waals surface area contributed by atoms with Gasteiger partial charge in [0.15, 0.2) is 0 Å². The van der Waals surface area contributed by atoms with E-state index in [9.17, 15) is 8.42 Å². The second kappa shape index (κ2) is 7.72. The van der Waals surface area contributed by atoms with E-state index in [2.05, 4.69) is 15.9 Å². The molecule has 4 nitrogen and oxygen atoms in total. The smallest absolute Gasteiger partial charge is 0.243 e. The van der Waals surface area contributed by atoms with Crippen LogP contribution in [0.5, 0.6) is 0 Å². The maximum Gasteiger partial charge on any atom is 0.243 e. The molecule has 0 heterocycles. The Balaban J connectivity index is 2.26. The highest BCUT2D eigenvalue weighted by Crippen LogP contribution is 2.28. The summed E-state index contributed by atoms with van der Waals surface area (Å²) in [6.07, 6.45) is 6.05. The predicted octanol–water partition coefficient (Wildman–Crippen LogP) is 3.12. The topological polar surface area (TPSA) is 63.4 Å². The van der Waals surface area contributed by atoms with Crippen LogP contribution in [-0.2, 0) is 10.0 Å². The van der Waals surface area contributed by atoms with E-state index in [4.69, 9.17) is 5.73 Å². The van der Waals surface area contributed by atoms with Gasteiger partial charge in [-0.25, -0.2) is 8.42 Å². The third-order valence-electron chi connectivity index (χ3n) is 3.98. The number of sulfonamides is 1. The quantitative estimate of drug-likeness (QED) is 0.831. The van der Waals surface area contributed by atoms with Crippen molar-refractivity contribution < 1.29 is 8.42 Å². The first-order chi connectivity index (χ1) is 10.1. The van der Waals surface area contributed by atoms with E-state index in [-0.39, 0.29) is 6.04 Å². The zero-order chi connectivity index (χ0) is 15.3. The molecular weight excluding hydrogens is 352 g/mol. The Morgan fingerprint density at radius 1 is 1.14 bits per heavy atom. The lowest BCUT2D eigenvalue weighted by Crippen LogP contribution is -2.42. The van der Waals surface area contributed by atoms with Gasteiger partial charge in [-0.15, -0.1) is 0 Å². The minimum atomic E-state index is -3.43. The molecule has 0 aliphatic heterocycles. The molecule has 0 unspecified atom stereocenters. The fourth-order valence-corrected chi connectivity index (χ4v) is 4.85. The molecule has 0 spiro atoms. The van der Waals surface area contributed by atoms with E-state index in [1.807, 2.05) is 0 Å². The number of benzene rings is 1. The fourth-order valence-electron chi connectivity index (χ4n) is 2.86. The first-order valence-corrected chi connectivity index (χ1v) is 9.76. The molecule has 1 aliphatic carbocycles. The number of halogens is 1. The Bertz CT molecular complexity index is 539. The minimum Gasteiger partial charge on any atom is -0.330 e. The normalized spacial score (nSPS) is 17.3. The molecular formula is C15H23BrN2O2S. The summed E-state index contributed by atoms with van der Waals surface area (Å²) in [6.45, 7) is 1.03. The zero-order valence-corrected chi connectivity index (χ0v) is 14.6. The maximum atomic E-state index is 12.9. The molecule has 0 amide bonds. The van der Waals surface area contributed by atoms with Gasteiger partial charge in [-0.2, -0.15) is 4.31 Å². The van der Waals surface area contributed by atoms with Gasteiger partial charge in [0, 0.05) is 17.1 Å². The van der Waals surface area contributed by atoms with E-state index in [1.54, 1.807) is 28.6 Å². The standard InChI is InChI=1S/C15H23BrN2O2S/c16-13-7-9-15(10-8-13)21(19,20)18(12-4-11-17)14-5-2-1-3-6-14/h7-10,14H,1-6,11-12,17H2. The molecule has 0 saturated heterocycles. The minimum absolute atomic E-state index is 0.124. The molecule has 6 heteroatoms. The molecule has 0 bridgehead atoms. The van der Waals surface area contributed by atoms with Crippen molar-refractivity contribution in [2.45, 2.75) is 49.5 Å². The highest BCUT2D eigenvalue weighted by atomic mass is 79.9. The molecule has 0 aromatic heterocycles. The van der Waals surface area contributed by atoms with Gasteiger partial charge < -0.3 is 5.73 Å². The van der Waals surface area contributed by atoms with Crippen LogP contribution in [0.2, 0.25) is 0 Å². The van der Waals surface area contributed by atoms with Crippen LogP contribution in [0.1, 0.15) is 38.5 Å². The molecule has 1 aromatic carbocycles. The summed E-state index contributed by atoms with van der Waals surface area (Å²) in [7, 11) is -3.43. The van der Waals surface area contributed by atoms with Gasteiger partial charge in [-0.05, 0) is 50.1 Å². The average molecular weight is 375 g/mol. The molecule has 2 rings (SSSR count). The summed E-state index contributed by atoms with van der Waals surface area (Å²) in [4.78, 5) is 0.369. The number of nitrogens with zero attached hydrogens (tertiary/aromatic N) is 1. The van der Waals surface area contributed by atoms with Crippen molar-refractivity contribution >= 4 is 26.0 Å². The maximum absolute atomic E-state index is 12.9. The predicted molar refractivity (Wildman–Crippen MR) is 88.6 cm³/mol. The molecule has 1 fully saturated rings. The first-order valence-electron chi connectivity index (χ1n) is 7.53. The van der Waals surface area contributed by atoms with Crippen LogP contribution >= 0.6 is 15.9 Å². The second-order valence-electron chi connectivity index (χ2n) is 5.50. The monoisotopic (exact) mass is 374 g/mol. The SMILES string of the molecule is NCCCN(C1CCCCC1)S(=O)(=O)c1ccc(Br)cc1. The molecule has 1 saturated carbocycles. The van der Waals surface area contributed by atoms with Crippen LogP contribution in [0.15, 0.2) is 33.6 Å². The largest absolute Gasteiger partial charge is 0.330 e. The lowest BCUT2D eigenvalue weighted by molar-refractivity contribution is 0.252. The fraction of sp³-hybridized carbons (Fsp3) is 0.600. The summed E-state index contributed by atoms with van der Waals surface area (Å²) < 4.78 is 28.4. The molecule has 21 heavy (non-hydrogen) atoms. The highest BCUT2D eigenvalue weighted by Gasteiger charge is 2.31. The van der Waals surface area contributed by atoms with Crippen LogP contribution in [0.4, 0.5) is 0 Å². The Morgan fingerprint density at radius 3 is 2.33 bits per heavy atom. The Morgan fingerprint density at radius 2 is 1.76 bits per heavy atom. The summed E-state index contributed by atoms with van der Waals surface area (Å²) in [5.41, 5.74) is 5.58. The number of nitrogens with two attached hydrogens (primary N) is 1. The van der Waals surface area contributed by atoms with Gasteiger partial charge in [-0.3, -0.25) is 0 Å². The van der Waals surface area contributed by atoms with Crippen molar-refractivity contribution in [1.29, 1.82) is 0 Å². The summed E-state index contributed by atoms with van der Waals surface area (Å²) >= 11 is 3.34. The molecule has 0 atom stereocenters. The van der Waals surface area contributed by atoms with Gasteiger partial charge in [0.25, 0.3) is 0 Å². The Hall–Kier alpha value is -0.430. The third-order valence-corrected chi connectivity index (χ3v) is 6.48. The van der Waals surface area contributed by atoms with Crippen molar-refractivity contribution in [2.75, 3.05) is 13.1 Å². The van der Waals surface area contributed by atoms with Crippen molar-refractivity contribution in [3.8, 4) is 0 Å². The highest BCUT2D eigenvalue weighted by molar-refractivity contribution is 9.10. The van der Waals surface area contributed by atoms with Gasteiger partial charge >= 0.3 is 0 Å². The van der Waals surface area contributed by atoms with E-state index in [0.29, 0.717) is 24.4 Å². The van der Waals surface area contributed by atoms with Gasteiger partial charge in [0.05, 0.1) is 4.90 Å². The first kappa shape index (κ1) is 16.9. The Kier molecular flexibility index (Phi) is 6.22. The number of rotatable bonds is 6. The van der Waals surface area contributed by atoms with Gasteiger partial charge in [0.1, 0.15) is 0 Å². The van der Waals surface area contributed by atoms with Crippen LogP contribution in [0.3, 0.4) is 0 Å². The van der Waals surface area contributed by atoms with Crippen molar-refractivity contribution in [2.24, 2.45) is 5.73 Å². The van der Waals surface area contributed by atoms with E-state index < -0.39 is 10.0 Å². The van der Waals surface area contributed by atoms with E-state index in [0.717, 1.165) is 30.2 Å². The zero-order valence-electron chi connectivity index (χ0n) is 12.2. The van der Waals surface area contributed by atoms with Crippen molar-refractivity contribution in [3.05, 3.63) is 28.7 Å². The number of hydrogen-bond donors (Lipinski definition) is 1. The van der Waals surface area contributed by atoms with E-state index in [1.165, 1.54) is 6.42 Å². The summed E-state index contributed by atoms with van der Waals surface area (Å²) in [6, 6.07) is 7.00. The summed E-state index contributed by atoms with van der Waals surface area (Å²) in [5, 5.41) is 0. The van der Waals surface area contributed by atoms with Crippen LogP contribution in [0, 0.1) is 0 Å². The lowest BCUT2D eigenvalue weighted by atomic mass is 9.95. The van der Waals surface area contributed by atoms with Crippen LogP contribution in [-0.4, -0.2) is 31.9 Å². The van der Waals surface area contributed by atoms with E-state index >= 15 is 0 Å². The lowest BCUT2D eigenvalue weighted by Gasteiger charge is -2.33. The average Bonchev–Trinajstić information content (AvgIpc) is 2.49. The second-order valence-corrected chi connectivity index (χ2v) is 8.31. The molecule has 0 radical (unpaired) electrons. The molecule has 1 aliphatic rings. The third kappa shape index (κ3) is 4.28. The van der Waals surface area contributed by atoms with Crippen LogP contribution < -0.4 is 5.73 Å². The molecule has 118 valence electrons. The van der Waals surface area contributed by atoms with Gasteiger partial charge in [-0.1, -0.05) is 35.2 Å². The summed E-state index contributed by atoms with van der Waals surface area (Å²) in [5.74, 6) is 0. The Labute approximate surface area is 135 Å². The van der Waals surface area contributed by atoms with Crippen LogP contribution in [0.25, 0.3) is 0 Å². The molecule has 2 N–H and O–H groups in total. The molecule has 1 aromatic rings. The van der Waals surface area contributed by atoms with Crippen molar-refractivity contribution in [1.82, 2.24) is 4.31 Å². The van der Waals surface area contributed by atoms with Gasteiger partial charge in [0.2, 0.25) is 10.0 Å². The number of hydrogen-bond acceptors (Lipinski definition) is 3.